The summed E-state index contributed by atoms with van der Waals surface area (Å²) in [6.07, 6.45) is -1.62. The average Bonchev–Trinajstić information content (AvgIpc) is 2.85. The van der Waals surface area contributed by atoms with E-state index in [-0.39, 0.29) is 11.6 Å². The highest BCUT2D eigenvalue weighted by molar-refractivity contribution is 5.45. The van der Waals surface area contributed by atoms with Gasteiger partial charge in [-0.05, 0) is 12.8 Å². The van der Waals surface area contributed by atoms with Crippen LogP contribution in [0.4, 0.5) is 19.0 Å². The minimum atomic E-state index is -4.54. The lowest BCUT2D eigenvalue weighted by atomic mass is 10.2. The van der Waals surface area contributed by atoms with Gasteiger partial charge < -0.3 is 5.32 Å². The van der Waals surface area contributed by atoms with Gasteiger partial charge in [0, 0.05) is 19.0 Å². The molecule has 2 heterocycles. The first-order chi connectivity index (χ1) is 9.52. The third-order valence-electron chi connectivity index (χ3n) is 2.56. The van der Waals surface area contributed by atoms with Crippen molar-refractivity contribution in [1.82, 2.24) is 19.6 Å². The van der Waals surface area contributed by atoms with Gasteiger partial charge in [-0.2, -0.15) is 33.0 Å². The third-order valence-corrected chi connectivity index (χ3v) is 2.56. The fraction of sp³-hybridized carbons (Fsp3) is 0.455. The summed E-state index contributed by atoms with van der Waals surface area (Å²) in [4.78, 5) is 7.07. The molecule has 0 unspecified atom stereocenters. The summed E-state index contributed by atoms with van der Waals surface area (Å²) in [5.41, 5.74) is -1.02. The van der Waals surface area contributed by atoms with Crippen LogP contribution in [0.3, 0.4) is 0 Å². The Labute approximate surface area is 112 Å². The van der Waals surface area contributed by atoms with E-state index in [0.29, 0.717) is 25.8 Å². The number of anilines is 1. The van der Waals surface area contributed by atoms with Crippen molar-refractivity contribution in [2.24, 2.45) is 0 Å². The van der Waals surface area contributed by atoms with Crippen LogP contribution in [0.2, 0.25) is 0 Å². The molecule has 0 bridgehead atoms. The number of hydrogen-bond donors (Lipinski definition) is 1. The zero-order valence-corrected chi connectivity index (χ0v) is 10.4. The molecular weight excluding hydrogens is 273 g/mol. The largest absolute Gasteiger partial charge is 0.433 e. The Bertz CT molecular complexity index is 627. The predicted octanol–water partition coefficient (Wildman–Crippen LogP) is 2.25. The topological polar surface area (TPSA) is 78.9 Å². The van der Waals surface area contributed by atoms with Crippen molar-refractivity contribution in [2.75, 3.05) is 11.9 Å². The lowest BCUT2D eigenvalue weighted by Gasteiger charge is -2.11. The molecule has 2 rings (SSSR count). The summed E-state index contributed by atoms with van der Waals surface area (Å²) in [5, 5.41) is 15.1. The highest BCUT2D eigenvalue weighted by Crippen LogP contribution is 2.29. The fourth-order valence-electron chi connectivity index (χ4n) is 1.63. The number of rotatable bonds is 5. The molecule has 9 heteroatoms. The number of halogens is 3. The van der Waals surface area contributed by atoms with Gasteiger partial charge in [0.05, 0.1) is 6.07 Å². The number of hydrogen-bond acceptors (Lipinski definition) is 5. The SMILES string of the molecule is N#CCCCCNc1cc(C(F)(F)F)nc2ncnn12. The van der Waals surface area contributed by atoms with Crippen molar-refractivity contribution in [3.05, 3.63) is 18.1 Å². The maximum atomic E-state index is 12.7. The van der Waals surface area contributed by atoms with Crippen LogP contribution in [-0.2, 0) is 6.18 Å². The van der Waals surface area contributed by atoms with Gasteiger partial charge in [0.2, 0.25) is 0 Å². The minimum Gasteiger partial charge on any atom is -0.370 e. The van der Waals surface area contributed by atoms with Crippen molar-refractivity contribution < 1.29 is 13.2 Å². The van der Waals surface area contributed by atoms with Gasteiger partial charge in [0.25, 0.3) is 5.78 Å². The molecule has 0 radical (unpaired) electrons. The second kappa shape index (κ2) is 5.73. The van der Waals surface area contributed by atoms with Crippen molar-refractivity contribution in [2.45, 2.75) is 25.4 Å². The maximum Gasteiger partial charge on any atom is 0.433 e. The molecule has 0 saturated carbocycles. The minimum absolute atomic E-state index is 0.112. The number of fused-ring (bicyclic) bond motifs is 1. The van der Waals surface area contributed by atoms with Crippen LogP contribution in [-0.4, -0.2) is 26.1 Å². The zero-order valence-electron chi connectivity index (χ0n) is 10.4. The Kier molecular flexibility index (Phi) is 4.02. The molecular formula is C11H11F3N6. The smallest absolute Gasteiger partial charge is 0.370 e. The summed E-state index contributed by atoms with van der Waals surface area (Å²) in [7, 11) is 0. The van der Waals surface area contributed by atoms with Gasteiger partial charge in [0.15, 0.2) is 5.69 Å². The normalized spacial score (nSPS) is 11.5. The van der Waals surface area contributed by atoms with E-state index in [9.17, 15) is 13.2 Å². The Balaban J connectivity index is 2.18. The van der Waals surface area contributed by atoms with Crippen molar-refractivity contribution in [1.29, 1.82) is 5.26 Å². The van der Waals surface area contributed by atoms with Crippen molar-refractivity contribution >= 4 is 11.6 Å². The fourth-order valence-corrected chi connectivity index (χ4v) is 1.63. The summed E-state index contributed by atoms with van der Waals surface area (Å²) in [6, 6.07) is 2.90. The van der Waals surface area contributed by atoms with Crippen LogP contribution in [0.1, 0.15) is 25.0 Å². The van der Waals surface area contributed by atoms with E-state index in [1.807, 2.05) is 6.07 Å². The monoisotopic (exact) mass is 284 g/mol. The summed E-state index contributed by atoms with van der Waals surface area (Å²) in [6.45, 7) is 0.442. The highest BCUT2D eigenvalue weighted by Gasteiger charge is 2.33. The molecule has 0 atom stereocenters. The molecule has 0 aliphatic rings. The molecule has 0 saturated heterocycles. The van der Waals surface area contributed by atoms with Crippen molar-refractivity contribution in [3.8, 4) is 6.07 Å². The van der Waals surface area contributed by atoms with E-state index in [4.69, 9.17) is 5.26 Å². The molecule has 20 heavy (non-hydrogen) atoms. The molecule has 1 N–H and O–H groups in total. The maximum absolute atomic E-state index is 12.7. The van der Waals surface area contributed by atoms with Crippen LogP contribution in [0.25, 0.3) is 5.78 Å². The van der Waals surface area contributed by atoms with Gasteiger partial charge in [-0.25, -0.2) is 4.98 Å². The third kappa shape index (κ3) is 3.14. The standard InChI is InChI=1S/C11H11F3N6/c12-11(13,14)8-6-9(16-5-3-1-2-4-15)20-10(19-8)17-7-18-20/h6-7,16H,1-3,5H2. The predicted molar refractivity (Wildman–Crippen MR) is 63.7 cm³/mol. The van der Waals surface area contributed by atoms with Gasteiger partial charge in [-0.1, -0.05) is 0 Å². The van der Waals surface area contributed by atoms with E-state index in [1.165, 1.54) is 4.52 Å². The Morgan fingerprint density at radius 3 is 2.85 bits per heavy atom. The van der Waals surface area contributed by atoms with Crippen LogP contribution in [0.15, 0.2) is 12.4 Å². The Hall–Kier alpha value is -2.37. The first-order valence-corrected chi connectivity index (χ1v) is 5.91. The molecule has 0 aliphatic heterocycles. The summed E-state index contributed by atoms with van der Waals surface area (Å²) in [5.74, 6) is 0.0659. The number of unbranched alkanes of at least 4 members (excludes halogenated alkanes) is 2. The van der Waals surface area contributed by atoms with Crippen LogP contribution in [0, 0.1) is 11.3 Å². The van der Waals surface area contributed by atoms with E-state index in [1.54, 1.807) is 0 Å². The second-order valence-electron chi connectivity index (χ2n) is 4.04. The first-order valence-electron chi connectivity index (χ1n) is 5.91. The van der Waals surface area contributed by atoms with Crippen LogP contribution >= 0.6 is 0 Å². The summed E-state index contributed by atoms with van der Waals surface area (Å²) >= 11 is 0. The molecule has 106 valence electrons. The molecule has 0 amide bonds. The molecule has 0 aliphatic carbocycles. The Morgan fingerprint density at radius 1 is 1.35 bits per heavy atom. The molecule has 0 fully saturated rings. The van der Waals surface area contributed by atoms with Gasteiger partial charge in [-0.15, -0.1) is 0 Å². The highest BCUT2D eigenvalue weighted by atomic mass is 19.4. The van der Waals surface area contributed by atoms with Gasteiger partial charge in [0.1, 0.15) is 12.1 Å². The molecule has 0 aromatic carbocycles. The number of nitrogens with one attached hydrogen (secondary N) is 1. The van der Waals surface area contributed by atoms with E-state index < -0.39 is 11.9 Å². The second-order valence-corrected chi connectivity index (χ2v) is 4.04. The average molecular weight is 284 g/mol. The quantitative estimate of drug-likeness (QED) is 0.852. The summed E-state index contributed by atoms with van der Waals surface area (Å²) < 4.78 is 39.3. The van der Waals surface area contributed by atoms with E-state index >= 15 is 0 Å². The van der Waals surface area contributed by atoms with Gasteiger partial charge in [-0.3, -0.25) is 0 Å². The zero-order chi connectivity index (χ0) is 14.6. The number of nitriles is 1. The lowest BCUT2D eigenvalue weighted by Crippen LogP contribution is -2.14. The van der Waals surface area contributed by atoms with Crippen LogP contribution in [0.5, 0.6) is 0 Å². The van der Waals surface area contributed by atoms with E-state index in [0.717, 1.165) is 12.4 Å². The molecule has 2 aromatic rings. The Morgan fingerprint density at radius 2 is 2.15 bits per heavy atom. The number of alkyl halides is 3. The first kappa shape index (κ1) is 14.0. The van der Waals surface area contributed by atoms with E-state index in [2.05, 4.69) is 20.4 Å². The van der Waals surface area contributed by atoms with Crippen LogP contribution < -0.4 is 5.32 Å². The molecule has 0 spiro atoms. The van der Waals surface area contributed by atoms with Gasteiger partial charge >= 0.3 is 6.18 Å². The molecule has 6 nitrogen and oxygen atoms in total. The lowest BCUT2D eigenvalue weighted by molar-refractivity contribution is -0.141. The molecule has 2 aromatic heterocycles. The number of nitrogens with zero attached hydrogens (tertiary/aromatic N) is 5. The number of aromatic nitrogens is 4. The van der Waals surface area contributed by atoms with Crippen molar-refractivity contribution in [3.63, 3.8) is 0 Å².